The van der Waals surface area contributed by atoms with Crippen LogP contribution in [0.4, 0.5) is 4.39 Å². The van der Waals surface area contributed by atoms with Crippen molar-refractivity contribution >= 4 is 0 Å². The summed E-state index contributed by atoms with van der Waals surface area (Å²) >= 11 is 0. The van der Waals surface area contributed by atoms with Crippen LogP contribution >= 0.6 is 0 Å². The molecule has 0 aromatic rings. The van der Waals surface area contributed by atoms with Gasteiger partial charge in [0, 0.05) is 13.1 Å². The Hall–Kier alpha value is -0.150. The van der Waals surface area contributed by atoms with Crippen LogP contribution in [0.3, 0.4) is 0 Å². The van der Waals surface area contributed by atoms with Gasteiger partial charge in [-0.15, -0.1) is 0 Å². The maximum absolute atomic E-state index is 12.3. The van der Waals surface area contributed by atoms with Gasteiger partial charge in [-0.2, -0.15) is 0 Å². The van der Waals surface area contributed by atoms with Crippen LogP contribution in [0.15, 0.2) is 0 Å². The Balaban J connectivity index is 2.19. The molecular formula is C5H11FN2. The second-order valence-corrected chi connectivity index (χ2v) is 2.21. The average molecular weight is 118 g/mol. The molecule has 2 N–H and O–H groups in total. The lowest BCUT2D eigenvalue weighted by molar-refractivity contribution is 0.152. The topological polar surface area (TPSA) is 29.3 Å². The van der Waals surface area contributed by atoms with Gasteiger partial charge in [0.05, 0.1) is 0 Å². The van der Waals surface area contributed by atoms with Crippen LogP contribution in [0, 0.1) is 0 Å². The van der Waals surface area contributed by atoms with Gasteiger partial charge in [-0.1, -0.05) is 0 Å². The summed E-state index contributed by atoms with van der Waals surface area (Å²) in [6.45, 7) is 1.42. The lowest BCUT2D eigenvalue weighted by atomic mass is 10.1. The number of halogens is 1. The Morgan fingerprint density at radius 3 is 2.25 bits per heavy atom. The molecule has 1 aliphatic heterocycles. The van der Waals surface area contributed by atoms with Crippen molar-refractivity contribution < 1.29 is 4.39 Å². The average Bonchev–Trinajstić information content (AvgIpc) is 1.77. The molecule has 0 aromatic heterocycles. The highest BCUT2D eigenvalue weighted by atomic mass is 19.1. The smallest absolute Gasteiger partial charge is 0.103 e. The van der Waals surface area contributed by atoms with Crippen LogP contribution in [-0.2, 0) is 0 Å². The lowest BCUT2D eigenvalue weighted by Gasteiger charge is -2.23. The van der Waals surface area contributed by atoms with Crippen LogP contribution in [0.5, 0.6) is 0 Å². The predicted octanol–water partition coefficient (Wildman–Crippen LogP) is 0.294. The standard InChI is InChI=1S/C5H11FN2/c6-5-1-3-8(7)4-2-5/h5H,1-4,7H2. The van der Waals surface area contributed by atoms with E-state index in [1.807, 2.05) is 0 Å². The maximum Gasteiger partial charge on any atom is 0.103 e. The van der Waals surface area contributed by atoms with Crippen molar-refractivity contribution in [2.45, 2.75) is 19.0 Å². The van der Waals surface area contributed by atoms with Crippen molar-refractivity contribution in [3.8, 4) is 0 Å². The van der Waals surface area contributed by atoms with E-state index in [4.69, 9.17) is 5.84 Å². The van der Waals surface area contributed by atoms with Gasteiger partial charge >= 0.3 is 0 Å². The second kappa shape index (κ2) is 2.42. The first-order valence-corrected chi connectivity index (χ1v) is 2.93. The first kappa shape index (κ1) is 5.98. The molecule has 8 heavy (non-hydrogen) atoms. The molecule has 1 heterocycles. The number of rotatable bonds is 0. The third-order valence-corrected chi connectivity index (χ3v) is 1.46. The molecule has 3 heteroatoms. The van der Waals surface area contributed by atoms with Crippen LogP contribution in [-0.4, -0.2) is 24.3 Å². The van der Waals surface area contributed by atoms with E-state index >= 15 is 0 Å². The molecule has 0 spiro atoms. The molecule has 0 bridgehead atoms. The molecule has 1 rings (SSSR count). The van der Waals surface area contributed by atoms with Crippen LogP contribution in [0.25, 0.3) is 0 Å². The summed E-state index contributed by atoms with van der Waals surface area (Å²) in [4.78, 5) is 0. The van der Waals surface area contributed by atoms with E-state index in [0.29, 0.717) is 25.9 Å². The van der Waals surface area contributed by atoms with Crippen LogP contribution in [0.2, 0.25) is 0 Å². The zero-order valence-electron chi connectivity index (χ0n) is 4.81. The minimum absolute atomic E-state index is 0.602. The van der Waals surface area contributed by atoms with Gasteiger partial charge in [0.25, 0.3) is 0 Å². The monoisotopic (exact) mass is 118 g/mol. The van der Waals surface area contributed by atoms with E-state index in [-0.39, 0.29) is 0 Å². The summed E-state index contributed by atoms with van der Waals surface area (Å²) < 4.78 is 12.3. The van der Waals surface area contributed by atoms with Crippen molar-refractivity contribution in [2.24, 2.45) is 5.84 Å². The molecule has 1 aliphatic rings. The van der Waals surface area contributed by atoms with E-state index in [1.54, 1.807) is 5.01 Å². The molecule has 0 amide bonds. The Morgan fingerprint density at radius 2 is 1.88 bits per heavy atom. The maximum atomic E-state index is 12.3. The summed E-state index contributed by atoms with van der Waals surface area (Å²) in [5, 5.41) is 1.66. The molecule has 0 radical (unpaired) electrons. The van der Waals surface area contributed by atoms with E-state index in [1.165, 1.54) is 0 Å². The van der Waals surface area contributed by atoms with Crippen molar-refractivity contribution in [1.82, 2.24) is 5.01 Å². The fraction of sp³-hybridized carbons (Fsp3) is 1.00. The largest absolute Gasteiger partial charge is 0.269 e. The van der Waals surface area contributed by atoms with Crippen molar-refractivity contribution in [3.05, 3.63) is 0 Å². The van der Waals surface area contributed by atoms with Crippen LogP contribution in [0.1, 0.15) is 12.8 Å². The molecule has 0 atom stereocenters. The van der Waals surface area contributed by atoms with Gasteiger partial charge in [-0.3, -0.25) is 5.84 Å². The summed E-state index contributed by atoms with van der Waals surface area (Å²) in [5.41, 5.74) is 0. The highest BCUT2D eigenvalue weighted by Gasteiger charge is 2.14. The van der Waals surface area contributed by atoms with E-state index < -0.39 is 6.17 Å². The van der Waals surface area contributed by atoms with Crippen molar-refractivity contribution in [2.75, 3.05) is 13.1 Å². The molecule has 1 saturated heterocycles. The first-order chi connectivity index (χ1) is 3.79. The van der Waals surface area contributed by atoms with E-state index in [0.717, 1.165) is 0 Å². The molecule has 2 nitrogen and oxygen atoms in total. The Labute approximate surface area is 48.4 Å². The zero-order valence-corrected chi connectivity index (χ0v) is 4.81. The number of piperidine rings is 1. The molecule has 0 unspecified atom stereocenters. The number of nitrogens with two attached hydrogens (primary N) is 1. The molecule has 1 fully saturated rings. The third-order valence-electron chi connectivity index (χ3n) is 1.46. The zero-order chi connectivity index (χ0) is 5.98. The van der Waals surface area contributed by atoms with Gasteiger partial charge < -0.3 is 0 Å². The number of hydrogen-bond donors (Lipinski definition) is 1. The number of hydrogen-bond acceptors (Lipinski definition) is 2. The summed E-state index contributed by atoms with van der Waals surface area (Å²) in [5.74, 6) is 5.36. The van der Waals surface area contributed by atoms with E-state index in [9.17, 15) is 4.39 Å². The molecule has 0 saturated carbocycles. The summed E-state index contributed by atoms with van der Waals surface area (Å²) in [6, 6.07) is 0. The number of nitrogens with zero attached hydrogens (tertiary/aromatic N) is 1. The van der Waals surface area contributed by atoms with Crippen molar-refractivity contribution in [3.63, 3.8) is 0 Å². The first-order valence-electron chi connectivity index (χ1n) is 2.93. The Bertz CT molecular complexity index is 58.8. The fourth-order valence-corrected chi connectivity index (χ4v) is 0.868. The third kappa shape index (κ3) is 1.42. The highest BCUT2D eigenvalue weighted by Crippen LogP contribution is 2.09. The molecule has 0 aliphatic carbocycles. The predicted molar refractivity (Wildman–Crippen MR) is 29.9 cm³/mol. The van der Waals surface area contributed by atoms with Gasteiger partial charge in [0.2, 0.25) is 0 Å². The molecule has 48 valence electrons. The lowest BCUT2D eigenvalue weighted by Crippen LogP contribution is -2.39. The summed E-state index contributed by atoms with van der Waals surface area (Å²) in [7, 11) is 0. The quantitative estimate of drug-likeness (QED) is 0.463. The van der Waals surface area contributed by atoms with E-state index in [2.05, 4.69) is 0 Å². The Morgan fingerprint density at radius 1 is 1.38 bits per heavy atom. The fourth-order valence-electron chi connectivity index (χ4n) is 0.868. The molecule has 0 aromatic carbocycles. The van der Waals surface area contributed by atoms with Crippen LogP contribution < -0.4 is 5.84 Å². The van der Waals surface area contributed by atoms with Gasteiger partial charge in [0.15, 0.2) is 0 Å². The normalized spacial score (nSPS) is 26.2. The minimum Gasteiger partial charge on any atom is -0.269 e. The number of hydrazine groups is 1. The molecular weight excluding hydrogens is 107 g/mol. The highest BCUT2D eigenvalue weighted by molar-refractivity contribution is 4.66. The van der Waals surface area contributed by atoms with Crippen molar-refractivity contribution in [1.29, 1.82) is 0 Å². The SMILES string of the molecule is NN1CCC(F)CC1. The van der Waals surface area contributed by atoms with Gasteiger partial charge in [-0.05, 0) is 12.8 Å². The summed E-state index contributed by atoms with van der Waals surface area (Å²) in [6.07, 6.45) is 0.613. The van der Waals surface area contributed by atoms with Gasteiger partial charge in [-0.25, -0.2) is 9.40 Å². The van der Waals surface area contributed by atoms with Gasteiger partial charge in [0.1, 0.15) is 6.17 Å². The Kier molecular flexibility index (Phi) is 1.81. The minimum atomic E-state index is -0.602. The second-order valence-electron chi connectivity index (χ2n) is 2.21. The number of alkyl halides is 1.